The van der Waals surface area contributed by atoms with Gasteiger partial charge in [0.1, 0.15) is 12.4 Å². The number of aromatic amines is 1. The molecule has 202 valence electrons. The van der Waals surface area contributed by atoms with E-state index in [0.29, 0.717) is 23.5 Å². The zero-order valence-electron chi connectivity index (χ0n) is 22.7. The smallest absolute Gasteiger partial charge is 0.259 e. The lowest BCUT2D eigenvalue weighted by molar-refractivity contribution is -0.122. The summed E-state index contributed by atoms with van der Waals surface area (Å²) in [5.41, 5.74) is 5.20. The Morgan fingerprint density at radius 2 is 1.55 bits per heavy atom. The van der Waals surface area contributed by atoms with Crippen LogP contribution in [-0.4, -0.2) is 45.9 Å². The highest BCUT2D eigenvalue weighted by Crippen LogP contribution is 2.39. The highest BCUT2D eigenvalue weighted by Gasteiger charge is 2.35. The molecule has 3 heterocycles. The Balaban J connectivity index is 1.49. The maximum Gasteiger partial charge on any atom is 0.259 e. The van der Waals surface area contributed by atoms with Gasteiger partial charge >= 0.3 is 0 Å². The van der Waals surface area contributed by atoms with Crippen LogP contribution in [0.2, 0.25) is 0 Å². The van der Waals surface area contributed by atoms with Crippen molar-refractivity contribution < 1.29 is 14.3 Å². The number of H-pyrrole nitrogens is 1. The monoisotopic (exact) mass is 532 g/mol. The summed E-state index contributed by atoms with van der Waals surface area (Å²) in [4.78, 5) is 32.2. The summed E-state index contributed by atoms with van der Waals surface area (Å²) in [7, 11) is 0. The van der Waals surface area contributed by atoms with Gasteiger partial charge in [-0.25, -0.2) is 0 Å². The molecule has 5 aromatic rings. The maximum absolute atomic E-state index is 13.4. The minimum Gasteiger partial charge on any atom is -0.489 e. The van der Waals surface area contributed by atoms with E-state index in [4.69, 9.17) is 4.74 Å². The largest absolute Gasteiger partial charge is 0.489 e. The summed E-state index contributed by atoms with van der Waals surface area (Å²) in [6.07, 6.45) is 3.82. The molecule has 0 unspecified atom stereocenters. The van der Waals surface area contributed by atoms with E-state index in [0.717, 1.165) is 64.7 Å². The predicted octanol–water partition coefficient (Wildman–Crippen LogP) is 5.61. The molecule has 40 heavy (non-hydrogen) atoms. The second-order valence-electron chi connectivity index (χ2n) is 10.00. The molecule has 0 atom stereocenters. The minimum absolute atomic E-state index is 0.384. The molecule has 1 aliphatic rings. The number of aromatic nitrogens is 2. The quantitative estimate of drug-likeness (QED) is 0.229. The van der Waals surface area contributed by atoms with Crippen LogP contribution in [0.25, 0.3) is 33.0 Å². The van der Waals surface area contributed by atoms with E-state index in [2.05, 4.69) is 33.6 Å². The number of carbonyl (C=O) groups is 2. The zero-order chi connectivity index (χ0) is 27.6. The maximum atomic E-state index is 13.4. The minimum atomic E-state index is -0.385. The number of nitrogens with zero attached hydrogens (tertiary/aromatic N) is 2. The van der Waals surface area contributed by atoms with Crippen molar-refractivity contribution in [1.82, 2.24) is 19.8 Å². The van der Waals surface area contributed by atoms with E-state index in [1.807, 2.05) is 85.2 Å². The van der Waals surface area contributed by atoms with Crippen molar-refractivity contribution in [3.63, 3.8) is 0 Å². The Hall–Kier alpha value is -4.62. The van der Waals surface area contributed by atoms with Crippen LogP contribution in [0, 0.1) is 0 Å². The van der Waals surface area contributed by atoms with Gasteiger partial charge in [-0.1, -0.05) is 62.4 Å². The van der Waals surface area contributed by atoms with Gasteiger partial charge in [-0.15, -0.1) is 0 Å². The first kappa shape index (κ1) is 25.6. The first-order valence-electron chi connectivity index (χ1n) is 13.8. The topological polar surface area (TPSA) is 79.4 Å². The van der Waals surface area contributed by atoms with Crippen molar-refractivity contribution in [1.29, 1.82) is 0 Å². The van der Waals surface area contributed by atoms with E-state index >= 15 is 0 Å². The average Bonchev–Trinajstić information content (AvgIpc) is 3.65. The lowest BCUT2D eigenvalue weighted by atomic mass is 9.95. The highest BCUT2D eigenvalue weighted by atomic mass is 16.5. The van der Waals surface area contributed by atoms with Crippen LogP contribution in [0.4, 0.5) is 0 Å². The Kier molecular flexibility index (Phi) is 6.97. The molecule has 2 aromatic heterocycles. The van der Waals surface area contributed by atoms with E-state index < -0.39 is 0 Å². The van der Waals surface area contributed by atoms with Crippen LogP contribution in [0.15, 0.2) is 85.2 Å². The Morgan fingerprint density at radius 1 is 0.825 bits per heavy atom. The fraction of sp³-hybridized carbons (Fsp3) is 0.212. The third kappa shape index (κ3) is 4.69. The highest BCUT2D eigenvalue weighted by molar-refractivity contribution is 6.50. The number of hydrogen-bond donors (Lipinski definition) is 2. The summed E-state index contributed by atoms with van der Waals surface area (Å²) >= 11 is 0. The molecule has 3 aromatic carbocycles. The van der Waals surface area contributed by atoms with E-state index in [9.17, 15) is 9.59 Å². The molecule has 6 rings (SSSR count). The van der Waals surface area contributed by atoms with E-state index in [1.54, 1.807) is 0 Å². The molecule has 7 heteroatoms. The number of carbonyl (C=O) groups excluding carboxylic acids is 2. The second kappa shape index (κ2) is 10.9. The molecule has 0 saturated carbocycles. The standard InChI is InChI=1S/C33H32N4O3/c1-3-36(4-2)16-17-37-20-27(25-18-23(14-15-29(25)37)40-21-22-10-6-5-7-11-22)31-30(32(38)35-33(31)39)26-19-34-28-13-9-8-12-24(26)28/h5-15,18-20,34H,3-4,16-17,21H2,1-2H3,(H,35,38,39). The number of benzene rings is 3. The van der Waals surface area contributed by atoms with Crippen LogP contribution in [0.5, 0.6) is 5.75 Å². The molecule has 0 aliphatic carbocycles. The van der Waals surface area contributed by atoms with Gasteiger partial charge in [-0.05, 0) is 42.9 Å². The number of amides is 2. The molecule has 0 fully saturated rings. The van der Waals surface area contributed by atoms with Crippen LogP contribution in [-0.2, 0) is 22.7 Å². The molecule has 0 bridgehead atoms. The van der Waals surface area contributed by atoms with Crippen LogP contribution < -0.4 is 10.1 Å². The molecular weight excluding hydrogens is 500 g/mol. The number of rotatable bonds is 10. The summed E-state index contributed by atoms with van der Waals surface area (Å²) in [5.74, 6) is -0.0629. The van der Waals surface area contributed by atoms with Gasteiger partial charge in [-0.2, -0.15) is 0 Å². The molecule has 7 nitrogen and oxygen atoms in total. The molecule has 2 amide bonds. The summed E-state index contributed by atoms with van der Waals surface area (Å²) in [6.45, 7) is 8.32. The Labute approximate surface area is 233 Å². The Bertz CT molecular complexity index is 1740. The molecule has 0 saturated heterocycles. The van der Waals surface area contributed by atoms with Crippen molar-refractivity contribution in [3.05, 3.63) is 102 Å². The first-order valence-corrected chi connectivity index (χ1v) is 13.8. The van der Waals surface area contributed by atoms with Gasteiger partial charge in [-0.3, -0.25) is 14.9 Å². The van der Waals surface area contributed by atoms with Crippen molar-refractivity contribution in [2.24, 2.45) is 0 Å². The fourth-order valence-corrected chi connectivity index (χ4v) is 5.53. The van der Waals surface area contributed by atoms with Crippen LogP contribution in [0.1, 0.15) is 30.5 Å². The summed E-state index contributed by atoms with van der Waals surface area (Å²) in [6, 6.07) is 23.8. The number of ether oxygens (including phenoxy) is 1. The lowest BCUT2D eigenvalue weighted by Gasteiger charge is -2.18. The third-order valence-electron chi connectivity index (χ3n) is 7.71. The van der Waals surface area contributed by atoms with E-state index in [1.165, 1.54) is 0 Å². The molecule has 2 N–H and O–H groups in total. The normalized spacial score (nSPS) is 13.7. The van der Waals surface area contributed by atoms with Gasteiger partial charge in [0.2, 0.25) is 0 Å². The van der Waals surface area contributed by atoms with E-state index in [-0.39, 0.29) is 11.8 Å². The molecule has 0 radical (unpaired) electrons. The van der Waals surface area contributed by atoms with Crippen LogP contribution in [0.3, 0.4) is 0 Å². The molecular formula is C33H32N4O3. The third-order valence-corrected chi connectivity index (χ3v) is 7.71. The van der Waals surface area contributed by atoms with Crippen LogP contribution >= 0.6 is 0 Å². The van der Waals surface area contributed by atoms with Crippen molar-refractivity contribution in [2.45, 2.75) is 27.0 Å². The SMILES string of the molecule is CCN(CC)CCn1cc(C2=C(c3c[nH]c4ccccc34)C(=O)NC2=O)c2cc(OCc3ccccc3)ccc21. The number of likely N-dealkylation sites (N-methyl/N-ethyl adjacent to an activating group) is 1. The van der Waals surface area contributed by atoms with Crippen molar-refractivity contribution >= 4 is 44.8 Å². The predicted molar refractivity (Wildman–Crippen MR) is 159 cm³/mol. The number of fused-ring (bicyclic) bond motifs is 2. The number of hydrogen-bond acceptors (Lipinski definition) is 4. The molecule has 0 spiro atoms. The fourth-order valence-electron chi connectivity index (χ4n) is 5.53. The summed E-state index contributed by atoms with van der Waals surface area (Å²) < 4.78 is 8.34. The van der Waals surface area contributed by atoms with Gasteiger partial charge in [0, 0.05) is 58.4 Å². The molecule has 1 aliphatic heterocycles. The van der Waals surface area contributed by atoms with Gasteiger partial charge < -0.3 is 19.2 Å². The number of imide groups is 1. The van der Waals surface area contributed by atoms with Crippen molar-refractivity contribution in [2.75, 3.05) is 19.6 Å². The Morgan fingerprint density at radius 3 is 2.33 bits per heavy atom. The van der Waals surface area contributed by atoms with Gasteiger partial charge in [0.05, 0.1) is 11.1 Å². The average molecular weight is 533 g/mol. The second-order valence-corrected chi connectivity index (χ2v) is 10.00. The lowest BCUT2D eigenvalue weighted by Crippen LogP contribution is -2.26. The first-order chi connectivity index (χ1) is 19.6. The zero-order valence-corrected chi connectivity index (χ0v) is 22.7. The van der Waals surface area contributed by atoms with Crippen molar-refractivity contribution in [3.8, 4) is 5.75 Å². The van der Waals surface area contributed by atoms with Gasteiger partial charge in [0.15, 0.2) is 0 Å². The number of para-hydroxylation sites is 1. The number of nitrogens with one attached hydrogen (secondary N) is 2. The van der Waals surface area contributed by atoms with Gasteiger partial charge in [0.25, 0.3) is 11.8 Å². The summed E-state index contributed by atoms with van der Waals surface area (Å²) in [5, 5.41) is 4.33.